The largest absolute Gasteiger partial charge is 0.469 e. The molecule has 2 heterocycles. The second-order valence-corrected chi connectivity index (χ2v) is 3.44. The zero-order valence-corrected chi connectivity index (χ0v) is 9.51. The van der Waals surface area contributed by atoms with Crippen LogP contribution in [0.2, 0.25) is 0 Å². The number of hydrogen-bond acceptors (Lipinski definition) is 6. The maximum atomic E-state index is 11.0. The van der Waals surface area contributed by atoms with Gasteiger partial charge in [-0.05, 0) is 11.6 Å². The number of pyridine rings is 1. The third-order valence-corrected chi connectivity index (χ3v) is 2.16. The zero-order valence-electron chi connectivity index (χ0n) is 9.51. The van der Waals surface area contributed by atoms with Crippen molar-refractivity contribution in [3.8, 4) is 11.5 Å². The zero-order chi connectivity index (χ0) is 12.3. The second-order valence-electron chi connectivity index (χ2n) is 3.44. The summed E-state index contributed by atoms with van der Waals surface area (Å²) >= 11 is 0. The molecule has 17 heavy (non-hydrogen) atoms. The average Bonchev–Trinajstić information content (AvgIpc) is 2.77. The first kappa shape index (κ1) is 11.3. The molecule has 0 aromatic carbocycles. The highest BCUT2D eigenvalue weighted by molar-refractivity contribution is 5.72. The van der Waals surface area contributed by atoms with Gasteiger partial charge in [0.05, 0.1) is 13.5 Å². The van der Waals surface area contributed by atoms with Crippen molar-refractivity contribution in [3.05, 3.63) is 29.8 Å². The number of ether oxygens (including phenoxy) is 1. The molecule has 6 nitrogen and oxygen atoms in total. The van der Waals surface area contributed by atoms with Crippen molar-refractivity contribution >= 4 is 5.97 Å². The first-order valence-corrected chi connectivity index (χ1v) is 5.01. The summed E-state index contributed by atoms with van der Waals surface area (Å²) in [5.41, 5.74) is 1.39. The lowest BCUT2D eigenvalue weighted by Gasteiger charge is -1.99. The molecule has 0 spiro atoms. The Balaban J connectivity index is 2.15. The molecule has 0 aliphatic heterocycles. The molecule has 6 heteroatoms. The summed E-state index contributed by atoms with van der Waals surface area (Å²) in [6, 6.07) is 3.52. The van der Waals surface area contributed by atoms with Crippen molar-refractivity contribution in [2.75, 3.05) is 7.11 Å². The van der Waals surface area contributed by atoms with Crippen LogP contribution in [0, 0.1) is 6.92 Å². The van der Waals surface area contributed by atoms with E-state index in [2.05, 4.69) is 19.9 Å². The van der Waals surface area contributed by atoms with E-state index in [1.54, 1.807) is 25.3 Å². The molecule has 2 rings (SSSR count). The molecule has 2 aromatic heterocycles. The summed E-state index contributed by atoms with van der Waals surface area (Å²) in [5.74, 6) is 0.627. The Kier molecular flexibility index (Phi) is 3.13. The maximum absolute atomic E-state index is 11.0. The van der Waals surface area contributed by atoms with Gasteiger partial charge in [-0.3, -0.25) is 9.78 Å². The van der Waals surface area contributed by atoms with E-state index in [-0.39, 0.29) is 12.4 Å². The number of hydrogen-bond donors (Lipinski definition) is 0. The molecule has 0 fully saturated rings. The fourth-order valence-electron chi connectivity index (χ4n) is 1.30. The van der Waals surface area contributed by atoms with Crippen LogP contribution < -0.4 is 0 Å². The highest BCUT2D eigenvalue weighted by Gasteiger charge is 2.08. The number of rotatable bonds is 3. The minimum absolute atomic E-state index is 0.203. The summed E-state index contributed by atoms with van der Waals surface area (Å²) in [6.45, 7) is 1.71. The predicted octanol–water partition coefficient (Wildman–Crippen LogP) is 1.16. The van der Waals surface area contributed by atoms with Gasteiger partial charge in [0.1, 0.15) is 5.69 Å². The predicted molar refractivity (Wildman–Crippen MR) is 58.0 cm³/mol. The first-order chi connectivity index (χ1) is 8.19. The van der Waals surface area contributed by atoms with Crippen molar-refractivity contribution in [1.82, 2.24) is 15.1 Å². The highest BCUT2D eigenvalue weighted by Crippen LogP contribution is 2.13. The van der Waals surface area contributed by atoms with Gasteiger partial charge >= 0.3 is 5.97 Å². The number of carbonyl (C=O) groups is 1. The smallest absolute Gasteiger partial charge is 0.310 e. The van der Waals surface area contributed by atoms with Crippen molar-refractivity contribution in [1.29, 1.82) is 0 Å². The van der Waals surface area contributed by atoms with Gasteiger partial charge < -0.3 is 9.26 Å². The van der Waals surface area contributed by atoms with Crippen LogP contribution in [0.5, 0.6) is 0 Å². The van der Waals surface area contributed by atoms with Crippen LogP contribution in [-0.4, -0.2) is 28.2 Å². The van der Waals surface area contributed by atoms with Gasteiger partial charge in [-0.1, -0.05) is 11.2 Å². The molecule has 0 N–H and O–H groups in total. The number of aromatic nitrogens is 3. The first-order valence-electron chi connectivity index (χ1n) is 5.01. The summed E-state index contributed by atoms with van der Waals surface area (Å²) in [5, 5.41) is 3.75. The van der Waals surface area contributed by atoms with Crippen LogP contribution >= 0.6 is 0 Å². The van der Waals surface area contributed by atoms with E-state index in [0.29, 0.717) is 17.4 Å². The molecular formula is C11H11N3O3. The Bertz CT molecular complexity index is 519. The molecule has 2 aromatic rings. The van der Waals surface area contributed by atoms with E-state index in [0.717, 1.165) is 5.56 Å². The molecule has 88 valence electrons. The highest BCUT2D eigenvalue weighted by atomic mass is 16.5. The minimum Gasteiger partial charge on any atom is -0.469 e. The number of methoxy groups -OCH3 is 1. The summed E-state index contributed by atoms with van der Waals surface area (Å²) in [4.78, 5) is 19.3. The van der Waals surface area contributed by atoms with Gasteiger partial charge in [0.2, 0.25) is 11.7 Å². The Morgan fingerprint density at radius 3 is 2.82 bits per heavy atom. The molecule has 0 unspecified atom stereocenters. The van der Waals surface area contributed by atoms with E-state index in [9.17, 15) is 4.79 Å². The molecule has 0 aliphatic rings. The number of carbonyl (C=O) groups excluding carboxylic acids is 1. The van der Waals surface area contributed by atoms with Gasteiger partial charge in [-0.25, -0.2) is 0 Å². The van der Waals surface area contributed by atoms with Crippen molar-refractivity contribution in [3.63, 3.8) is 0 Å². The quantitative estimate of drug-likeness (QED) is 0.740. The normalized spacial score (nSPS) is 10.2. The van der Waals surface area contributed by atoms with Crippen LogP contribution in [0.4, 0.5) is 0 Å². The monoisotopic (exact) mass is 233 g/mol. The van der Waals surface area contributed by atoms with Crippen LogP contribution in [0.15, 0.2) is 22.9 Å². The lowest BCUT2D eigenvalue weighted by atomic mass is 10.2. The van der Waals surface area contributed by atoms with Gasteiger partial charge in [0.15, 0.2) is 0 Å². The number of esters is 1. The SMILES string of the molecule is COC(=O)Cc1ccc(-c2noc(C)n2)nc1. The van der Waals surface area contributed by atoms with Crippen LogP contribution in [-0.2, 0) is 16.0 Å². The Labute approximate surface area is 97.6 Å². The summed E-state index contributed by atoms with van der Waals surface area (Å²) in [7, 11) is 1.35. The van der Waals surface area contributed by atoms with Crippen molar-refractivity contribution in [2.24, 2.45) is 0 Å². The lowest BCUT2D eigenvalue weighted by molar-refractivity contribution is -0.139. The van der Waals surface area contributed by atoms with Crippen LogP contribution in [0.3, 0.4) is 0 Å². The maximum Gasteiger partial charge on any atom is 0.310 e. The van der Waals surface area contributed by atoms with Crippen LogP contribution in [0.25, 0.3) is 11.5 Å². The van der Waals surface area contributed by atoms with E-state index in [1.807, 2.05) is 0 Å². The van der Waals surface area contributed by atoms with Gasteiger partial charge in [0.25, 0.3) is 0 Å². The van der Waals surface area contributed by atoms with Gasteiger partial charge in [-0.2, -0.15) is 4.98 Å². The molecule has 0 radical (unpaired) electrons. The standard InChI is InChI=1S/C11H11N3O3/c1-7-13-11(14-17-7)9-4-3-8(6-12-9)5-10(15)16-2/h3-4,6H,5H2,1-2H3. The van der Waals surface area contributed by atoms with E-state index >= 15 is 0 Å². The van der Waals surface area contributed by atoms with Crippen LogP contribution in [0.1, 0.15) is 11.5 Å². The van der Waals surface area contributed by atoms with E-state index in [1.165, 1.54) is 7.11 Å². The third kappa shape index (κ3) is 2.66. The fraction of sp³-hybridized carbons (Fsp3) is 0.273. The molecule has 0 saturated carbocycles. The Morgan fingerprint density at radius 2 is 2.29 bits per heavy atom. The van der Waals surface area contributed by atoms with Crippen molar-refractivity contribution < 1.29 is 14.1 Å². The van der Waals surface area contributed by atoms with Gasteiger partial charge in [0, 0.05) is 13.1 Å². The molecular weight excluding hydrogens is 222 g/mol. The molecule has 0 saturated heterocycles. The number of nitrogens with zero attached hydrogens (tertiary/aromatic N) is 3. The second kappa shape index (κ2) is 4.73. The van der Waals surface area contributed by atoms with E-state index in [4.69, 9.17) is 4.52 Å². The Morgan fingerprint density at radius 1 is 1.47 bits per heavy atom. The van der Waals surface area contributed by atoms with Gasteiger partial charge in [-0.15, -0.1) is 0 Å². The summed E-state index contributed by atoms with van der Waals surface area (Å²) in [6.07, 6.45) is 1.80. The average molecular weight is 233 g/mol. The molecule has 0 atom stereocenters. The lowest BCUT2D eigenvalue weighted by Crippen LogP contribution is -2.04. The molecule has 0 amide bonds. The van der Waals surface area contributed by atoms with E-state index < -0.39 is 0 Å². The van der Waals surface area contributed by atoms with Crippen molar-refractivity contribution in [2.45, 2.75) is 13.3 Å². The fourth-order valence-corrected chi connectivity index (χ4v) is 1.30. The molecule has 0 aliphatic carbocycles. The number of aryl methyl sites for hydroxylation is 1. The Hall–Kier alpha value is -2.24. The minimum atomic E-state index is -0.296. The molecule has 0 bridgehead atoms. The third-order valence-electron chi connectivity index (χ3n) is 2.16. The topological polar surface area (TPSA) is 78.1 Å². The summed E-state index contributed by atoms with van der Waals surface area (Å²) < 4.78 is 9.42.